The second-order valence-electron chi connectivity index (χ2n) is 7.57. The van der Waals surface area contributed by atoms with Crippen molar-refractivity contribution in [3.8, 4) is 16.5 Å². The van der Waals surface area contributed by atoms with Gasteiger partial charge in [-0.2, -0.15) is 0 Å². The number of benzene rings is 1. The first-order valence-corrected chi connectivity index (χ1v) is 11.2. The van der Waals surface area contributed by atoms with Crippen molar-refractivity contribution >= 4 is 17.2 Å². The van der Waals surface area contributed by atoms with Crippen LogP contribution < -0.4 is 10.1 Å². The molecule has 1 unspecified atom stereocenters. The number of carbonyl (C=O) groups excluding carboxylic acids is 1. The van der Waals surface area contributed by atoms with E-state index in [4.69, 9.17) is 9.15 Å². The van der Waals surface area contributed by atoms with Gasteiger partial charge in [0.05, 0.1) is 25.3 Å². The Bertz CT molecular complexity index is 991. The number of thiazole rings is 1. The van der Waals surface area contributed by atoms with Crippen molar-refractivity contribution in [1.29, 1.82) is 0 Å². The number of carbonyl (C=O) groups is 1. The lowest BCUT2D eigenvalue weighted by Gasteiger charge is -2.28. The van der Waals surface area contributed by atoms with Gasteiger partial charge in [0, 0.05) is 11.9 Å². The Morgan fingerprint density at radius 1 is 1.30 bits per heavy atom. The third-order valence-electron chi connectivity index (χ3n) is 5.40. The summed E-state index contributed by atoms with van der Waals surface area (Å²) in [6, 6.07) is 12.1. The highest BCUT2D eigenvalue weighted by Gasteiger charge is 2.24. The van der Waals surface area contributed by atoms with Crippen LogP contribution in [0.1, 0.15) is 35.9 Å². The van der Waals surface area contributed by atoms with Crippen LogP contribution in [0.25, 0.3) is 10.8 Å². The molecule has 1 saturated heterocycles. The lowest BCUT2D eigenvalue weighted by atomic mass is 10.0. The van der Waals surface area contributed by atoms with Gasteiger partial charge >= 0.3 is 0 Å². The second-order valence-corrected chi connectivity index (χ2v) is 8.43. The molecule has 2 aromatic heterocycles. The van der Waals surface area contributed by atoms with Crippen LogP contribution in [0, 0.1) is 6.92 Å². The molecule has 4 rings (SSSR count). The molecule has 0 radical (unpaired) electrons. The van der Waals surface area contributed by atoms with Crippen LogP contribution in [0.3, 0.4) is 0 Å². The Balaban J connectivity index is 1.39. The van der Waals surface area contributed by atoms with E-state index in [1.54, 1.807) is 7.11 Å². The zero-order valence-corrected chi connectivity index (χ0v) is 18.2. The predicted octanol–water partition coefficient (Wildman–Crippen LogP) is 4.22. The highest BCUT2D eigenvalue weighted by molar-refractivity contribution is 7.13. The Morgan fingerprint density at radius 2 is 2.13 bits per heavy atom. The molecule has 0 aliphatic carbocycles. The number of hydrogen-bond acceptors (Lipinski definition) is 6. The molecule has 1 atom stereocenters. The smallest absolute Gasteiger partial charge is 0.226 e. The van der Waals surface area contributed by atoms with Gasteiger partial charge in [-0.15, -0.1) is 11.3 Å². The lowest BCUT2D eigenvalue weighted by molar-refractivity contribution is -0.120. The van der Waals surface area contributed by atoms with Crippen molar-refractivity contribution in [1.82, 2.24) is 15.2 Å². The van der Waals surface area contributed by atoms with E-state index in [0.717, 1.165) is 41.1 Å². The molecule has 1 N–H and O–H groups in total. The fourth-order valence-corrected chi connectivity index (χ4v) is 4.63. The molecule has 0 spiro atoms. The standard InChI is InChI=1S/C23H27N3O3S/c1-16-8-9-21(29-16)23-25-18(15-30-23)13-22(27)24-14-20(26-10-3-4-11-26)17-6-5-7-19(12-17)28-2/h5-9,12,15,20H,3-4,10-11,13-14H2,1-2H3,(H,24,27). The maximum atomic E-state index is 12.6. The van der Waals surface area contributed by atoms with Crippen molar-refractivity contribution in [2.45, 2.75) is 32.2 Å². The van der Waals surface area contributed by atoms with Gasteiger partial charge < -0.3 is 14.5 Å². The van der Waals surface area contributed by atoms with Gasteiger partial charge in [-0.05, 0) is 62.7 Å². The quantitative estimate of drug-likeness (QED) is 0.585. The average Bonchev–Trinajstić information content (AvgIpc) is 3.51. The van der Waals surface area contributed by atoms with E-state index in [2.05, 4.69) is 27.3 Å². The Hall–Kier alpha value is -2.64. The average molecular weight is 426 g/mol. The summed E-state index contributed by atoms with van der Waals surface area (Å²) in [6.45, 7) is 4.58. The van der Waals surface area contributed by atoms with Crippen molar-refractivity contribution < 1.29 is 13.9 Å². The highest BCUT2D eigenvalue weighted by Crippen LogP contribution is 2.28. The summed E-state index contributed by atoms with van der Waals surface area (Å²) in [7, 11) is 1.68. The van der Waals surface area contributed by atoms with Crippen molar-refractivity contribution in [3.05, 3.63) is 58.8 Å². The number of amides is 1. The van der Waals surface area contributed by atoms with Crippen LogP contribution in [0.2, 0.25) is 0 Å². The molecule has 6 nitrogen and oxygen atoms in total. The molecule has 7 heteroatoms. The van der Waals surface area contributed by atoms with Crippen LogP contribution >= 0.6 is 11.3 Å². The minimum atomic E-state index is -0.0189. The molecule has 3 aromatic rings. The number of furan rings is 1. The summed E-state index contributed by atoms with van der Waals surface area (Å²) >= 11 is 1.50. The fraction of sp³-hybridized carbons (Fsp3) is 0.391. The molecule has 158 valence electrons. The van der Waals surface area contributed by atoms with E-state index in [-0.39, 0.29) is 18.4 Å². The zero-order chi connectivity index (χ0) is 20.9. The van der Waals surface area contributed by atoms with Crippen molar-refractivity contribution in [2.24, 2.45) is 0 Å². The fourth-order valence-electron chi connectivity index (χ4n) is 3.85. The molecule has 1 fully saturated rings. The molecular weight excluding hydrogens is 398 g/mol. The van der Waals surface area contributed by atoms with Crippen LogP contribution in [0.4, 0.5) is 0 Å². The summed E-state index contributed by atoms with van der Waals surface area (Å²) in [5, 5.41) is 5.84. The van der Waals surface area contributed by atoms with E-state index in [1.807, 2.05) is 36.6 Å². The number of aryl methyl sites for hydroxylation is 1. The molecule has 0 saturated carbocycles. The molecule has 1 aliphatic rings. The molecular formula is C23H27N3O3S. The summed E-state index contributed by atoms with van der Waals surface area (Å²) in [5.41, 5.74) is 1.93. The summed E-state index contributed by atoms with van der Waals surface area (Å²) in [4.78, 5) is 19.6. The van der Waals surface area contributed by atoms with Gasteiger partial charge in [-0.3, -0.25) is 9.69 Å². The predicted molar refractivity (Wildman–Crippen MR) is 118 cm³/mol. The second kappa shape index (κ2) is 9.45. The van der Waals surface area contributed by atoms with Gasteiger partial charge in [0.2, 0.25) is 5.91 Å². The topological polar surface area (TPSA) is 67.6 Å². The molecule has 0 bridgehead atoms. The molecule has 1 amide bonds. The minimum Gasteiger partial charge on any atom is -0.497 e. The maximum Gasteiger partial charge on any atom is 0.226 e. The summed E-state index contributed by atoms with van der Waals surface area (Å²) in [5.74, 6) is 2.42. The first kappa shape index (κ1) is 20.6. The summed E-state index contributed by atoms with van der Waals surface area (Å²) < 4.78 is 11.0. The minimum absolute atomic E-state index is 0.0189. The van der Waals surface area contributed by atoms with Crippen LogP contribution in [0.5, 0.6) is 5.75 Å². The maximum absolute atomic E-state index is 12.6. The number of ether oxygens (including phenoxy) is 1. The Labute approximate surface area is 180 Å². The third kappa shape index (κ3) is 4.91. The first-order chi connectivity index (χ1) is 14.6. The molecule has 1 aliphatic heterocycles. The SMILES string of the molecule is COc1cccc(C(CNC(=O)Cc2csc(-c3ccc(C)o3)n2)N2CCCC2)c1. The number of aromatic nitrogens is 1. The number of rotatable bonds is 8. The van der Waals surface area contributed by atoms with Crippen LogP contribution in [-0.4, -0.2) is 42.5 Å². The largest absolute Gasteiger partial charge is 0.497 e. The van der Waals surface area contributed by atoms with Crippen LogP contribution in [-0.2, 0) is 11.2 Å². The van der Waals surface area contributed by atoms with Crippen LogP contribution in [0.15, 0.2) is 46.2 Å². The van der Waals surface area contributed by atoms with E-state index in [9.17, 15) is 4.79 Å². The lowest BCUT2D eigenvalue weighted by Crippen LogP contribution is -2.37. The first-order valence-electron chi connectivity index (χ1n) is 10.3. The van der Waals surface area contributed by atoms with Gasteiger partial charge in [-0.1, -0.05) is 12.1 Å². The van der Waals surface area contributed by atoms with Crippen molar-refractivity contribution in [2.75, 3.05) is 26.7 Å². The monoisotopic (exact) mass is 425 g/mol. The Morgan fingerprint density at radius 3 is 2.87 bits per heavy atom. The van der Waals surface area contributed by atoms with Gasteiger partial charge in [0.15, 0.2) is 10.8 Å². The van der Waals surface area contributed by atoms with E-state index >= 15 is 0 Å². The van der Waals surface area contributed by atoms with Gasteiger partial charge in [0.25, 0.3) is 0 Å². The molecule has 3 heterocycles. The number of hydrogen-bond donors (Lipinski definition) is 1. The number of nitrogens with one attached hydrogen (secondary N) is 1. The van der Waals surface area contributed by atoms with E-state index in [0.29, 0.717) is 6.54 Å². The van der Waals surface area contributed by atoms with Crippen molar-refractivity contribution in [3.63, 3.8) is 0 Å². The Kier molecular flexibility index (Phi) is 6.50. The van der Waals surface area contributed by atoms with Gasteiger partial charge in [0.1, 0.15) is 11.5 Å². The number of methoxy groups -OCH3 is 1. The molecule has 30 heavy (non-hydrogen) atoms. The van der Waals surface area contributed by atoms with E-state index in [1.165, 1.54) is 29.7 Å². The van der Waals surface area contributed by atoms with Gasteiger partial charge in [-0.25, -0.2) is 4.98 Å². The highest BCUT2D eigenvalue weighted by atomic mass is 32.1. The zero-order valence-electron chi connectivity index (χ0n) is 17.4. The summed E-state index contributed by atoms with van der Waals surface area (Å²) in [6.07, 6.45) is 2.66. The number of nitrogens with zero attached hydrogens (tertiary/aromatic N) is 2. The third-order valence-corrected chi connectivity index (χ3v) is 6.30. The number of likely N-dealkylation sites (tertiary alicyclic amines) is 1. The molecule has 1 aromatic carbocycles. The van der Waals surface area contributed by atoms with E-state index < -0.39 is 0 Å². The normalized spacial score (nSPS) is 15.3.